The molecular formula is C21H21N3O5. The van der Waals surface area contributed by atoms with E-state index in [1.54, 1.807) is 30.3 Å². The van der Waals surface area contributed by atoms with Gasteiger partial charge in [-0.1, -0.05) is 36.4 Å². The second kappa shape index (κ2) is 7.94. The number of rotatable bonds is 6. The third-order valence-electron chi connectivity index (χ3n) is 5.14. The Kier molecular flexibility index (Phi) is 5.20. The van der Waals surface area contributed by atoms with E-state index in [0.717, 1.165) is 11.1 Å². The lowest BCUT2D eigenvalue weighted by Crippen LogP contribution is -2.30. The van der Waals surface area contributed by atoms with E-state index in [9.17, 15) is 20.3 Å². The van der Waals surface area contributed by atoms with E-state index in [1.807, 2.05) is 24.3 Å². The molecular weight excluding hydrogens is 374 g/mol. The van der Waals surface area contributed by atoms with Crippen LogP contribution in [-0.2, 0) is 13.1 Å². The molecule has 2 N–H and O–H groups in total. The van der Waals surface area contributed by atoms with Crippen LogP contribution < -0.4 is 0 Å². The van der Waals surface area contributed by atoms with Gasteiger partial charge in [0.25, 0.3) is 0 Å². The topological polar surface area (TPSA) is 103 Å². The minimum absolute atomic E-state index is 0.204. The molecule has 0 radical (unpaired) electrons. The molecule has 2 aromatic carbocycles. The number of para-hydroxylation sites is 2. The Balaban J connectivity index is 1.64. The number of phenolic OH excluding ortho intramolecular Hbond substituents is 2. The van der Waals surface area contributed by atoms with Crippen molar-refractivity contribution in [3.8, 4) is 11.5 Å². The van der Waals surface area contributed by atoms with Crippen LogP contribution in [0.1, 0.15) is 23.1 Å². The summed E-state index contributed by atoms with van der Waals surface area (Å²) in [5.74, 6) is 0.559. The lowest BCUT2D eigenvalue weighted by atomic mass is 10.1. The molecule has 0 aliphatic carbocycles. The number of furan rings is 1. The van der Waals surface area contributed by atoms with Gasteiger partial charge in [0.2, 0.25) is 0 Å². The molecule has 1 aliphatic heterocycles. The Morgan fingerprint density at radius 1 is 0.897 bits per heavy atom. The van der Waals surface area contributed by atoms with Gasteiger partial charge in [-0.25, -0.2) is 0 Å². The standard InChI is InChI=1S/C21H21N3O5/c25-17-7-3-1-5-15(17)13-22-11-12-23(14-16-6-2-4-8-18(16)26)21(22)19-9-10-20(29-19)24(27)28/h1-10,21,25-26H,11-14H2. The van der Waals surface area contributed by atoms with Gasteiger partial charge in [0, 0.05) is 37.3 Å². The molecule has 29 heavy (non-hydrogen) atoms. The van der Waals surface area contributed by atoms with Crippen LogP contribution in [0, 0.1) is 10.1 Å². The molecule has 8 nitrogen and oxygen atoms in total. The highest BCUT2D eigenvalue weighted by molar-refractivity contribution is 5.33. The predicted octanol–water partition coefficient (Wildman–Crippen LogP) is 3.62. The van der Waals surface area contributed by atoms with Crippen molar-refractivity contribution in [3.63, 3.8) is 0 Å². The lowest BCUT2D eigenvalue weighted by molar-refractivity contribution is -0.402. The molecule has 0 spiro atoms. The average Bonchev–Trinajstić information content (AvgIpc) is 3.33. The molecule has 0 atom stereocenters. The Bertz CT molecular complexity index is 963. The second-order valence-electron chi connectivity index (χ2n) is 7.01. The van der Waals surface area contributed by atoms with Crippen LogP contribution in [0.2, 0.25) is 0 Å². The Morgan fingerprint density at radius 2 is 1.41 bits per heavy atom. The van der Waals surface area contributed by atoms with Gasteiger partial charge < -0.3 is 14.6 Å². The summed E-state index contributed by atoms with van der Waals surface area (Å²) < 4.78 is 5.52. The van der Waals surface area contributed by atoms with Crippen molar-refractivity contribution in [2.75, 3.05) is 13.1 Å². The fraction of sp³-hybridized carbons (Fsp3) is 0.238. The highest BCUT2D eigenvalue weighted by Gasteiger charge is 2.36. The minimum atomic E-state index is -0.556. The van der Waals surface area contributed by atoms with E-state index in [-0.39, 0.29) is 23.5 Å². The first kappa shape index (κ1) is 19.0. The van der Waals surface area contributed by atoms with Crippen molar-refractivity contribution in [2.24, 2.45) is 0 Å². The molecule has 1 aromatic heterocycles. The van der Waals surface area contributed by atoms with E-state index in [1.165, 1.54) is 6.07 Å². The first-order valence-corrected chi connectivity index (χ1v) is 9.29. The summed E-state index contributed by atoms with van der Waals surface area (Å²) in [7, 11) is 0. The molecule has 1 fully saturated rings. The minimum Gasteiger partial charge on any atom is -0.508 e. The maximum absolute atomic E-state index is 11.1. The highest BCUT2D eigenvalue weighted by Crippen LogP contribution is 2.36. The zero-order valence-corrected chi connectivity index (χ0v) is 15.6. The van der Waals surface area contributed by atoms with Crippen molar-refractivity contribution in [1.82, 2.24) is 9.80 Å². The summed E-state index contributed by atoms with van der Waals surface area (Å²) in [6.07, 6.45) is -0.358. The van der Waals surface area contributed by atoms with Gasteiger partial charge in [-0.05, 0) is 18.2 Å². The van der Waals surface area contributed by atoms with Crippen molar-refractivity contribution < 1.29 is 19.6 Å². The summed E-state index contributed by atoms with van der Waals surface area (Å²) in [6, 6.07) is 17.2. The van der Waals surface area contributed by atoms with Gasteiger partial charge in [-0.2, -0.15) is 0 Å². The quantitative estimate of drug-likeness (QED) is 0.485. The maximum Gasteiger partial charge on any atom is 0.433 e. The third kappa shape index (κ3) is 3.94. The van der Waals surface area contributed by atoms with Gasteiger partial charge in [0.1, 0.15) is 28.3 Å². The van der Waals surface area contributed by atoms with Crippen LogP contribution in [0.4, 0.5) is 5.88 Å². The molecule has 0 amide bonds. The number of hydrogen-bond donors (Lipinski definition) is 2. The lowest BCUT2D eigenvalue weighted by Gasteiger charge is -2.29. The van der Waals surface area contributed by atoms with Crippen molar-refractivity contribution in [3.05, 3.63) is 87.7 Å². The molecule has 8 heteroatoms. The number of hydrogen-bond acceptors (Lipinski definition) is 7. The number of nitro groups is 1. The van der Waals surface area contributed by atoms with E-state index >= 15 is 0 Å². The number of phenols is 2. The monoisotopic (exact) mass is 395 g/mol. The fourth-order valence-electron chi connectivity index (χ4n) is 3.73. The summed E-state index contributed by atoms with van der Waals surface area (Å²) in [4.78, 5) is 14.7. The van der Waals surface area contributed by atoms with Crippen molar-refractivity contribution in [1.29, 1.82) is 0 Å². The van der Waals surface area contributed by atoms with E-state index in [4.69, 9.17) is 4.42 Å². The highest BCUT2D eigenvalue weighted by atomic mass is 16.6. The van der Waals surface area contributed by atoms with Gasteiger partial charge >= 0.3 is 5.88 Å². The van der Waals surface area contributed by atoms with Crippen LogP contribution in [0.15, 0.2) is 65.1 Å². The van der Waals surface area contributed by atoms with Crippen molar-refractivity contribution >= 4 is 5.88 Å². The molecule has 3 aromatic rings. The summed E-state index contributed by atoms with van der Waals surface area (Å²) in [6.45, 7) is 2.29. The maximum atomic E-state index is 11.1. The zero-order chi connectivity index (χ0) is 20.4. The Labute approximate surface area is 167 Å². The van der Waals surface area contributed by atoms with Gasteiger partial charge in [-0.3, -0.25) is 19.9 Å². The molecule has 1 saturated heterocycles. The largest absolute Gasteiger partial charge is 0.508 e. The summed E-state index contributed by atoms with van der Waals surface area (Å²) in [5.41, 5.74) is 1.53. The van der Waals surface area contributed by atoms with Gasteiger partial charge in [0.15, 0.2) is 0 Å². The molecule has 0 saturated carbocycles. The zero-order valence-electron chi connectivity index (χ0n) is 15.6. The van der Waals surface area contributed by atoms with Crippen LogP contribution in [0.3, 0.4) is 0 Å². The molecule has 4 rings (SSSR count). The molecule has 0 unspecified atom stereocenters. The fourth-order valence-corrected chi connectivity index (χ4v) is 3.73. The average molecular weight is 395 g/mol. The van der Waals surface area contributed by atoms with Crippen LogP contribution in [0.25, 0.3) is 0 Å². The molecule has 0 bridgehead atoms. The third-order valence-corrected chi connectivity index (χ3v) is 5.14. The number of nitrogens with zero attached hydrogens (tertiary/aromatic N) is 3. The van der Waals surface area contributed by atoms with Crippen LogP contribution in [-0.4, -0.2) is 38.0 Å². The summed E-state index contributed by atoms with van der Waals surface area (Å²) >= 11 is 0. The SMILES string of the molecule is O=[N+]([O-])c1ccc(C2N(Cc3ccccc3O)CCN2Cc2ccccc2O)o1. The normalized spacial score (nSPS) is 15.7. The molecule has 1 aliphatic rings. The van der Waals surface area contributed by atoms with Crippen LogP contribution in [0.5, 0.6) is 11.5 Å². The smallest absolute Gasteiger partial charge is 0.433 e. The van der Waals surface area contributed by atoms with Gasteiger partial charge in [-0.15, -0.1) is 0 Å². The predicted molar refractivity (Wildman–Crippen MR) is 105 cm³/mol. The number of benzene rings is 2. The molecule has 150 valence electrons. The van der Waals surface area contributed by atoms with Crippen molar-refractivity contribution in [2.45, 2.75) is 19.3 Å². The first-order chi connectivity index (χ1) is 14.0. The number of aromatic hydroxyl groups is 2. The van der Waals surface area contributed by atoms with Crippen LogP contribution >= 0.6 is 0 Å². The van der Waals surface area contributed by atoms with Gasteiger partial charge in [0.05, 0.1) is 6.07 Å². The van der Waals surface area contributed by atoms with E-state index < -0.39 is 4.92 Å². The summed E-state index contributed by atoms with van der Waals surface area (Å²) in [5, 5.41) is 31.4. The first-order valence-electron chi connectivity index (χ1n) is 9.29. The second-order valence-corrected chi connectivity index (χ2v) is 7.01. The Morgan fingerprint density at radius 3 is 1.86 bits per heavy atom. The molecule has 2 heterocycles. The van der Waals surface area contributed by atoms with E-state index in [0.29, 0.717) is 31.9 Å². The van der Waals surface area contributed by atoms with E-state index in [2.05, 4.69) is 9.80 Å². The Hall–Kier alpha value is -3.36.